The number of carbonyl (C=O) groups is 2. The molecule has 0 aliphatic carbocycles. The fraction of sp³-hybridized carbons (Fsp3) is 0.538. The maximum Gasteiger partial charge on any atom is 0.350 e. The summed E-state index contributed by atoms with van der Waals surface area (Å²) in [7, 11) is 1.32. The third-order valence-corrected chi connectivity index (χ3v) is 3.96. The van der Waals surface area contributed by atoms with Crippen LogP contribution in [-0.2, 0) is 9.53 Å². The monoisotopic (exact) mass is 284 g/mol. The van der Waals surface area contributed by atoms with E-state index in [4.69, 9.17) is 10.5 Å². The first-order valence-electron chi connectivity index (χ1n) is 6.22. The lowest BCUT2D eigenvalue weighted by Crippen LogP contribution is -2.29. The van der Waals surface area contributed by atoms with Crippen LogP contribution in [0.15, 0.2) is 5.38 Å². The maximum atomic E-state index is 12.1. The van der Waals surface area contributed by atoms with Gasteiger partial charge in [0.2, 0.25) is 5.91 Å². The highest BCUT2D eigenvalue weighted by Gasteiger charge is 2.22. The van der Waals surface area contributed by atoms with Crippen LogP contribution in [0.3, 0.4) is 0 Å². The number of rotatable bonds is 6. The molecular weight excluding hydrogens is 264 g/mol. The zero-order valence-electron chi connectivity index (χ0n) is 11.5. The number of thiophene rings is 1. The molecule has 1 aromatic rings. The molecule has 0 aliphatic heterocycles. The minimum atomic E-state index is -0.437. The molecule has 1 amide bonds. The summed E-state index contributed by atoms with van der Waals surface area (Å²) in [5.41, 5.74) is 6.99. The van der Waals surface area contributed by atoms with Gasteiger partial charge in [-0.15, -0.1) is 11.3 Å². The average Bonchev–Trinajstić information content (AvgIpc) is 2.76. The van der Waals surface area contributed by atoms with Crippen molar-refractivity contribution in [3.05, 3.63) is 15.8 Å². The van der Waals surface area contributed by atoms with Gasteiger partial charge in [-0.1, -0.05) is 13.3 Å². The lowest BCUT2D eigenvalue weighted by Gasteiger charge is -2.14. The van der Waals surface area contributed by atoms with E-state index in [2.05, 4.69) is 5.32 Å². The van der Waals surface area contributed by atoms with Crippen LogP contribution in [0.25, 0.3) is 0 Å². The molecule has 5 nitrogen and oxygen atoms in total. The van der Waals surface area contributed by atoms with Gasteiger partial charge in [-0.05, 0) is 24.3 Å². The number of nitrogens with two attached hydrogens (primary N) is 1. The van der Waals surface area contributed by atoms with Gasteiger partial charge < -0.3 is 15.8 Å². The van der Waals surface area contributed by atoms with E-state index in [9.17, 15) is 9.59 Å². The Hall–Kier alpha value is -1.40. The number of methoxy groups -OCH3 is 1. The van der Waals surface area contributed by atoms with Crippen molar-refractivity contribution < 1.29 is 14.3 Å². The number of aryl methyl sites for hydroxylation is 1. The summed E-state index contributed by atoms with van der Waals surface area (Å²) in [5, 5.41) is 4.62. The van der Waals surface area contributed by atoms with E-state index >= 15 is 0 Å². The lowest BCUT2D eigenvalue weighted by molar-refractivity contribution is -0.119. The Morgan fingerprint density at radius 1 is 1.53 bits per heavy atom. The van der Waals surface area contributed by atoms with Gasteiger partial charge in [-0.3, -0.25) is 4.79 Å². The van der Waals surface area contributed by atoms with Crippen LogP contribution in [0.5, 0.6) is 0 Å². The molecule has 1 heterocycles. The van der Waals surface area contributed by atoms with E-state index in [-0.39, 0.29) is 11.8 Å². The zero-order valence-corrected chi connectivity index (χ0v) is 12.3. The lowest BCUT2D eigenvalue weighted by atomic mass is 10.0. The Morgan fingerprint density at radius 2 is 2.21 bits per heavy atom. The van der Waals surface area contributed by atoms with E-state index < -0.39 is 5.97 Å². The molecule has 0 aromatic carbocycles. The molecule has 1 atom stereocenters. The Morgan fingerprint density at radius 3 is 2.74 bits per heavy atom. The molecule has 6 heteroatoms. The van der Waals surface area contributed by atoms with Crippen molar-refractivity contribution in [2.75, 3.05) is 19.0 Å². The Kier molecular flexibility index (Phi) is 5.98. The molecule has 1 unspecified atom stereocenters. The SMILES string of the molecule is CCCC(CN)C(=O)Nc1c(C)csc1C(=O)OC. The van der Waals surface area contributed by atoms with Crippen molar-refractivity contribution in [2.45, 2.75) is 26.7 Å². The van der Waals surface area contributed by atoms with Crippen molar-refractivity contribution in [3.8, 4) is 0 Å². The van der Waals surface area contributed by atoms with Crippen LogP contribution >= 0.6 is 11.3 Å². The Balaban J connectivity index is 2.89. The highest BCUT2D eigenvalue weighted by atomic mass is 32.1. The van der Waals surface area contributed by atoms with Gasteiger partial charge in [-0.2, -0.15) is 0 Å². The molecule has 0 fully saturated rings. The second kappa shape index (κ2) is 7.25. The van der Waals surface area contributed by atoms with E-state index in [0.29, 0.717) is 17.1 Å². The minimum Gasteiger partial charge on any atom is -0.465 e. The van der Waals surface area contributed by atoms with E-state index in [1.54, 1.807) is 0 Å². The molecule has 0 saturated carbocycles. The third-order valence-electron chi connectivity index (χ3n) is 2.89. The minimum absolute atomic E-state index is 0.143. The first-order chi connectivity index (χ1) is 9.04. The number of esters is 1. The predicted octanol–water partition coefficient (Wildman–Crippen LogP) is 2.16. The van der Waals surface area contributed by atoms with Gasteiger partial charge in [0, 0.05) is 6.54 Å². The molecule has 0 saturated heterocycles. The summed E-state index contributed by atoms with van der Waals surface area (Å²) >= 11 is 1.26. The van der Waals surface area contributed by atoms with E-state index in [1.807, 2.05) is 19.2 Å². The van der Waals surface area contributed by atoms with Crippen LogP contribution in [0.1, 0.15) is 35.0 Å². The van der Waals surface area contributed by atoms with Crippen molar-refractivity contribution in [1.82, 2.24) is 0 Å². The smallest absolute Gasteiger partial charge is 0.350 e. The number of hydrogen-bond donors (Lipinski definition) is 2. The van der Waals surface area contributed by atoms with Gasteiger partial charge in [-0.25, -0.2) is 4.79 Å². The van der Waals surface area contributed by atoms with Gasteiger partial charge in [0.05, 0.1) is 18.7 Å². The maximum absolute atomic E-state index is 12.1. The number of hydrogen-bond acceptors (Lipinski definition) is 5. The summed E-state index contributed by atoms with van der Waals surface area (Å²) in [4.78, 5) is 24.1. The first-order valence-corrected chi connectivity index (χ1v) is 7.10. The second-order valence-corrected chi connectivity index (χ2v) is 5.20. The van der Waals surface area contributed by atoms with Crippen LogP contribution in [0.4, 0.5) is 5.69 Å². The summed E-state index contributed by atoms with van der Waals surface area (Å²) in [6.45, 7) is 4.15. The van der Waals surface area contributed by atoms with Crippen LogP contribution in [-0.4, -0.2) is 25.5 Å². The molecule has 0 radical (unpaired) electrons. The molecule has 0 bridgehead atoms. The normalized spacial score (nSPS) is 12.0. The van der Waals surface area contributed by atoms with Crippen molar-refractivity contribution >= 4 is 28.9 Å². The molecule has 1 rings (SSSR count). The molecule has 106 valence electrons. The van der Waals surface area contributed by atoms with Gasteiger partial charge in [0.1, 0.15) is 4.88 Å². The van der Waals surface area contributed by atoms with E-state index in [1.165, 1.54) is 18.4 Å². The van der Waals surface area contributed by atoms with Crippen LogP contribution < -0.4 is 11.1 Å². The zero-order chi connectivity index (χ0) is 14.4. The highest BCUT2D eigenvalue weighted by Crippen LogP contribution is 2.28. The molecule has 0 aliphatic rings. The predicted molar refractivity (Wildman–Crippen MR) is 76.5 cm³/mol. The number of anilines is 1. The molecule has 1 aromatic heterocycles. The Labute approximate surface area is 117 Å². The molecular formula is C13H20N2O3S. The molecule has 0 spiro atoms. The standard InChI is InChI=1S/C13H20N2O3S/c1-4-5-9(6-14)12(16)15-10-8(2)7-19-11(10)13(17)18-3/h7,9H,4-6,14H2,1-3H3,(H,15,16). The van der Waals surface area contributed by atoms with Crippen LogP contribution in [0.2, 0.25) is 0 Å². The molecule has 3 N–H and O–H groups in total. The third kappa shape index (κ3) is 3.78. The Bertz CT molecular complexity index is 457. The summed E-state index contributed by atoms with van der Waals surface area (Å²) < 4.78 is 4.70. The van der Waals surface area contributed by atoms with Crippen molar-refractivity contribution in [3.63, 3.8) is 0 Å². The van der Waals surface area contributed by atoms with Crippen molar-refractivity contribution in [2.24, 2.45) is 11.7 Å². The topological polar surface area (TPSA) is 81.4 Å². The number of ether oxygens (including phenoxy) is 1. The van der Waals surface area contributed by atoms with Crippen molar-refractivity contribution in [1.29, 1.82) is 0 Å². The number of nitrogens with one attached hydrogen (secondary N) is 1. The summed E-state index contributed by atoms with van der Waals surface area (Å²) in [6, 6.07) is 0. The van der Waals surface area contributed by atoms with Crippen LogP contribution in [0, 0.1) is 12.8 Å². The largest absolute Gasteiger partial charge is 0.465 e. The quantitative estimate of drug-likeness (QED) is 0.784. The van der Waals surface area contributed by atoms with Gasteiger partial charge in [0.15, 0.2) is 0 Å². The molecule has 19 heavy (non-hydrogen) atoms. The summed E-state index contributed by atoms with van der Waals surface area (Å²) in [5.74, 6) is -0.806. The highest BCUT2D eigenvalue weighted by molar-refractivity contribution is 7.12. The second-order valence-electron chi connectivity index (χ2n) is 4.32. The number of amides is 1. The van der Waals surface area contributed by atoms with E-state index in [0.717, 1.165) is 18.4 Å². The summed E-state index contributed by atoms with van der Waals surface area (Å²) in [6.07, 6.45) is 1.63. The first kappa shape index (κ1) is 15.7. The van der Waals surface area contributed by atoms with Gasteiger partial charge >= 0.3 is 5.97 Å². The van der Waals surface area contributed by atoms with Gasteiger partial charge in [0.25, 0.3) is 0 Å². The fourth-order valence-corrected chi connectivity index (χ4v) is 2.69. The fourth-order valence-electron chi connectivity index (χ4n) is 1.77. The number of carbonyl (C=O) groups excluding carboxylic acids is 2. The average molecular weight is 284 g/mol.